The molecule has 0 bridgehead atoms. The molecule has 1 heterocycles. The fourth-order valence-corrected chi connectivity index (χ4v) is 2.43. The van der Waals surface area contributed by atoms with Gasteiger partial charge in [-0.25, -0.2) is 0 Å². The Bertz CT molecular complexity index is 482. The number of carbonyl (C=O) groups is 1. The highest BCUT2D eigenvalue weighted by Gasteiger charge is 2.38. The molecule has 7 heteroatoms. The zero-order chi connectivity index (χ0) is 15.3. The Morgan fingerprint density at radius 3 is 2.23 bits per heavy atom. The molecule has 6 nitrogen and oxygen atoms in total. The van der Waals surface area contributed by atoms with Crippen LogP contribution in [-0.4, -0.2) is 39.9 Å². The standard InChI is InChI=1S/C15H22N2O4.ClH/c1-19-12-7-11(8-13(9-12)20-2)17-14(18)15(10-16)3-5-21-6-4-15;/h7-9H,3-6,10,16H2,1-2H3,(H,17,18);1H. The van der Waals surface area contributed by atoms with Crippen molar-refractivity contribution in [2.24, 2.45) is 11.1 Å². The topological polar surface area (TPSA) is 82.8 Å². The monoisotopic (exact) mass is 330 g/mol. The molecule has 1 aliphatic rings. The number of nitrogens with one attached hydrogen (secondary N) is 1. The highest BCUT2D eigenvalue weighted by Crippen LogP contribution is 2.32. The molecule has 0 aromatic heterocycles. The first-order valence-electron chi connectivity index (χ1n) is 6.96. The Hall–Kier alpha value is -1.50. The number of carbonyl (C=O) groups excluding carboxylic acids is 1. The van der Waals surface area contributed by atoms with Crippen molar-refractivity contribution in [1.29, 1.82) is 0 Å². The van der Waals surface area contributed by atoms with Gasteiger partial charge >= 0.3 is 0 Å². The van der Waals surface area contributed by atoms with Gasteiger partial charge in [0.05, 0.1) is 19.6 Å². The number of halogens is 1. The molecule has 0 unspecified atom stereocenters. The van der Waals surface area contributed by atoms with E-state index in [2.05, 4.69) is 5.32 Å². The largest absolute Gasteiger partial charge is 0.497 e. The van der Waals surface area contributed by atoms with E-state index in [0.717, 1.165) is 0 Å². The highest BCUT2D eigenvalue weighted by atomic mass is 35.5. The van der Waals surface area contributed by atoms with Gasteiger partial charge in [-0.2, -0.15) is 0 Å². The number of nitrogens with two attached hydrogens (primary N) is 1. The second kappa shape index (κ2) is 8.22. The van der Waals surface area contributed by atoms with Crippen LogP contribution in [0.25, 0.3) is 0 Å². The van der Waals surface area contributed by atoms with Crippen LogP contribution in [0.1, 0.15) is 12.8 Å². The molecule has 1 fully saturated rings. The molecule has 0 saturated carbocycles. The molecule has 22 heavy (non-hydrogen) atoms. The van der Waals surface area contributed by atoms with Crippen LogP contribution in [0.3, 0.4) is 0 Å². The Labute approximate surface area is 136 Å². The molecule has 0 spiro atoms. The number of hydrogen-bond acceptors (Lipinski definition) is 5. The van der Waals surface area contributed by atoms with E-state index in [1.54, 1.807) is 32.4 Å². The zero-order valence-corrected chi connectivity index (χ0v) is 13.7. The zero-order valence-electron chi connectivity index (χ0n) is 12.9. The maximum absolute atomic E-state index is 12.6. The van der Waals surface area contributed by atoms with E-state index < -0.39 is 5.41 Å². The number of rotatable bonds is 5. The molecular weight excluding hydrogens is 308 g/mol. The minimum atomic E-state index is -0.561. The van der Waals surface area contributed by atoms with E-state index in [1.165, 1.54) is 0 Å². The lowest BCUT2D eigenvalue weighted by atomic mass is 9.79. The van der Waals surface area contributed by atoms with Crippen molar-refractivity contribution in [3.8, 4) is 11.5 Å². The van der Waals surface area contributed by atoms with Crippen LogP contribution >= 0.6 is 12.4 Å². The van der Waals surface area contributed by atoms with Crippen LogP contribution in [0.2, 0.25) is 0 Å². The van der Waals surface area contributed by atoms with Gasteiger partial charge in [0, 0.05) is 43.6 Å². The van der Waals surface area contributed by atoms with E-state index in [0.29, 0.717) is 49.8 Å². The van der Waals surface area contributed by atoms with Crippen molar-refractivity contribution in [2.75, 3.05) is 39.3 Å². The normalized spacial score (nSPS) is 16.3. The predicted molar refractivity (Wildman–Crippen MR) is 87.0 cm³/mol. The van der Waals surface area contributed by atoms with Crippen LogP contribution in [0.15, 0.2) is 18.2 Å². The number of anilines is 1. The van der Waals surface area contributed by atoms with Crippen molar-refractivity contribution >= 4 is 24.0 Å². The maximum atomic E-state index is 12.6. The van der Waals surface area contributed by atoms with Gasteiger partial charge in [0.2, 0.25) is 5.91 Å². The van der Waals surface area contributed by atoms with Gasteiger partial charge in [0.25, 0.3) is 0 Å². The average molecular weight is 331 g/mol. The van der Waals surface area contributed by atoms with Crippen molar-refractivity contribution in [2.45, 2.75) is 12.8 Å². The van der Waals surface area contributed by atoms with E-state index in [4.69, 9.17) is 19.9 Å². The molecular formula is C15H23ClN2O4. The molecule has 2 rings (SSSR count). The van der Waals surface area contributed by atoms with Crippen molar-refractivity contribution < 1.29 is 19.0 Å². The first kappa shape index (κ1) is 18.5. The van der Waals surface area contributed by atoms with Crippen LogP contribution in [0, 0.1) is 5.41 Å². The fraction of sp³-hybridized carbons (Fsp3) is 0.533. The Morgan fingerprint density at radius 1 is 1.23 bits per heavy atom. The SMILES string of the molecule is COc1cc(NC(=O)C2(CN)CCOCC2)cc(OC)c1.Cl. The molecule has 1 aromatic carbocycles. The highest BCUT2D eigenvalue weighted by molar-refractivity contribution is 5.96. The van der Waals surface area contributed by atoms with E-state index in [-0.39, 0.29) is 18.3 Å². The summed E-state index contributed by atoms with van der Waals surface area (Å²) in [6, 6.07) is 5.26. The quantitative estimate of drug-likeness (QED) is 0.860. The van der Waals surface area contributed by atoms with Crippen LogP contribution in [0.4, 0.5) is 5.69 Å². The summed E-state index contributed by atoms with van der Waals surface area (Å²) in [4.78, 5) is 12.6. The van der Waals surface area contributed by atoms with E-state index >= 15 is 0 Å². The van der Waals surface area contributed by atoms with E-state index in [1.807, 2.05) is 0 Å². The van der Waals surface area contributed by atoms with Gasteiger partial charge in [-0.1, -0.05) is 0 Å². The number of benzene rings is 1. The molecule has 124 valence electrons. The molecule has 1 aromatic rings. The number of ether oxygens (including phenoxy) is 3. The van der Waals surface area contributed by atoms with Crippen LogP contribution in [0.5, 0.6) is 11.5 Å². The molecule has 3 N–H and O–H groups in total. The van der Waals surface area contributed by atoms with Crippen molar-refractivity contribution in [3.05, 3.63) is 18.2 Å². The third kappa shape index (κ3) is 4.03. The minimum absolute atomic E-state index is 0. The summed E-state index contributed by atoms with van der Waals surface area (Å²) in [6.07, 6.45) is 1.27. The second-order valence-electron chi connectivity index (χ2n) is 5.15. The smallest absolute Gasteiger partial charge is 0.232 e. The number of methoxy groups -OCH3 is 2. The predicted octanol–water partition coefficient (Wildman–Crippen LogP) is 1.82. The van der Waals surface area contributed by atoms with Crippen LogP contribution < -0.4 is 20.5 Å². The van der Waals surface area contributed by atoms with Gasteiger partial charge in [0.1, 0.15) is 11.5 Å². The Balaban J connectivity index is 0.00000242. The lowest BCUT2D eigenvalue weighted by Gasteiger charge is -2.34. The van der Waals surface area contributed by atoms with Gasteiger partial charge in [-0.15, -0.1) is 12.4 Å². The third-order valence-corrected chi connectivity index (χ3v) is 3.93. The van der Waals surface area contributed by atoms with Crippen LogP contribution in [-0.2, 0) is 9.53 Å². The fourth-order valence-electron chi connectivity index (χ4n) is 2.43. The number of hydrogen-bond donors (Lipinski definition) is 2. The second-order valence-corrected chi connectivity index (χ2v) is 5.15. The Kier molecular flexibility index (Phi) is 6.93. The van der Waals surface area contributed by atoms with Gasteiger partial charge in [-0.05, 0) is 12.8 Å². The summed E-state index contributed by atoms with van der Waals surface area (Å²) in [5.74, 6) is 1.17. The van der Waals surface area contributed by atoms with Gasteiger partial charge in [0.15, 0.2) is 0 Å². The van der Waals surface area contributed by atoms with Crippen molar-refractivity contribution in [3.63, 3.8) is 0 Å². The summed E-state index contributed by atoms with van der Waals surface area (Å²) in [5.41, 5.74) is 5.91. The van der Waals surface area contributed by atoms with Gasteiger partial charge < -0.3 is 25.3 Å². The first-order chi connectivity index (χ1) is 10.1. The molecule has 0 aliphatic carbocycles. The first-order valence-corrected chi connectivity index (χ1v) is 6.96. The lowest BCUT2D eigenvalue weighted by molar-refractivity contribution is -0.130. The summed E-state index contributed by atoms with van der Waals surface area (Å²) in [7, 11) is 3.14. The average Bonchev–Trinajstić information content (AvgIpc) is 2.54. The summed E-state index contributed by atoms with van der Waals surface area (Å²) in [5, 5.41) is 2.92. The maximum Gasteiger partial charge on any atom is 0.232 e. The summed E-state index contributed by atoms with van der Waals surface area (Å²) < 4.78 is 15.7. The van der Waals surface area contributed by atoms with Gasteiger partial charge in [-0.3, -0.25) is 4.79 Å². The summed E-state index contributed by atoms with van der Waals surface area (Å²) >= 11 is 0. The third-order valence-electron chi connectivity index (χ3n) is 3.93. The molecule has 1 aliphatic heterocycles. The lowest BCUT2D eigenvalue weighted by Crippen LogP contribution is -2.46. The molecule has 1 amide bonds. The minimum Gasteiger partial charge on any atom is -0.497 e. The van der Waals surface area contributed by atoms with E-state index in [9.17, 15) is 4.79 Å². The molecule has 1 saturated heterocycles. The molecule has 0 radical (unpaired) electrons. The molecule has 0 atom stereocenters. The Morgan fingerprint density at radius 2 is 1.77 bits per heavy atom. The van der Waals surface area contributed by atoms with Crippen molar-refractivity contribution in [1.82, 2.24) is 0 Å². The summed E-state index contributed by atoms with van der Waals surface area (Å²) in [6.45, 7) is 1.43. The number of amides is 1.